The number of aliphatic hydroxyl groups excluding tert-OH is 1. The molecule has 0 aromatic rings. The lowest BCUT2D eigenvalue weighted by Gasteiger charge is -2.16. The zero-order valence-electron chi connectivity index (χ0n) is 10.1. The van der Waals surface area contributed by atoms with Crippen molar-refractivity contribution < 1.29 is 42.1 Å². The van der Waals surface area contributed by atoms with Crippen LogP contribution in [0.25, 0.3) is 0 Å². The molecule has 0 spiro atoms. The topological polar surface area (TPSA) is 132 Å². The fraction of sp³-hybridized carbons (Fsp3) is 1.00. The Hall–Kier alpha value is 0.180. The average molecular weight is 308 g/mol. The summed E-state index contributed by atoms with van der Waals surface area (Å²) in [6.07, 6.45) is -0.840. The monoisotopic (exact) mass is 308 g/mol. The van der Waals surface area contributed by atoms with Gasteiger partial charge in [0.05, 0.1) is 19.8 Å². The van der Waals surface area contributed by atoms with Gasteiger partial charge in [-0.3, -0.25) is 18.1 Å². The highest BCUT2D eigenvalue weighted by atomic mass is 31.2. The Labute approximate surface area is 105 Å². The van der Waals surface area contributed by atoms with Gasteiger partial charge in [0.2, 0.25) is 0 Å². The van der Waals surface area contributed by atoms with Gasteiger partial charge in [-0.2, -0.15) is 0 Å². The summed E-state index contributed by atoms with van der Waals surface area (Å²) in [6, 6.07) is 0. The third kappa shape index (κ3) is 9.16. The Balaban J connectivity index is 3.93. The maximum Gasteiger partial charge on any atom is 0.472 e. The molecule has 18 heavy (non-hydrogen) atoms. The highest BCUT2D eigenvalue weighted by molar-refractivity contribution is 7.47. The van der Waals surface area contributed by atoms with Crippen molar-refractivity contribution in [2.24, 2.45) is 0 Å². The largest absolute Gasteiger partial charge is 0.472 e. The standard InChI is InChI=1S/C7H18O9P2/c1-3-4-14-18(11,12)16-6-7(8)5-15-17(9,10)13-2/h7-8H,3-6H2,1-2H3,(H,9,10)(H,11,12). The first-order valence-electron chi connectivity index (χ1n) is 5.05. The van der Waals surface area contributed by atoms with Crippen molar-refractivity contribution in [2.45, 2.75) is 19.4 Å². The molecule has 3 atom stereocenters. The zero-order valence-corrected chi connectivity index (χ0v) is 11.9. The molecule has 0 aromatic carbocycles. The van der Waals surface area contributed by atoms with Gasteiger partial charge in [-0.25, -0.2) is 9.13 Å². The van der Waals surface area contributed by atoms with E-state index in [0.717, 1.165) is 7.11 Å². The molecule has 0 amide bonds. The van der Waals surface area contributed by atoms with Crippen LogP contribution in [0.5, 0.6) is 0 Å². The number of hydrogen-bond acceptors (Lipinski definition) is 7. The van der Waals surface area contributed by atoms with Gasteiger partial charge in [0.15, 0.2) is 0 Å². The number of rotatable bonds is 10. The first kappa shape index (κ1) is 18.2. The number of aliphatic hydroxyl groups is 1. The highest BCUT2D eigenvalue weighted by Gasteiger charge is 2.24. The van der Waals surface area contributed by atoms with Crippen molar-refractivity contribution in [3.05, 3.63) is 0 Å². The van der Waals surface area contributed by atoms with Gasteiger partial charge in [-0.1, -0.05) is 6.92 Å². The maximum atomic E-state index is 11.2. The zero-order chi connectivity index (χ0) is 14.2. The molecular weight excluding hydrogens is 290 g/mol. The lowest BCUT2D eigenvalue weighted by molar-refractivity contribution is 0.0323. The van der Waals surface area contributed by atoms with Gasteiger partial charge in [0.25, 0.3) is 0 Å². The predicted molar refractivity (Wildman–Crippen MR) is 60.8 cm³/mol. The lowest BCUT2D eigenvalue weighted by Crippen LogP contribution is -2.21. The van der Waals surface area contributed by atoms with Crippen molar-refractivity contribution in [1.82, 2.24) is 0 Å². The van der Waals surface area contributed by atoms with Crippen LogP contribution in [0.3, 0.4) is 0 Å². The van der Waals surface area contributed by atoms with Crippen molar-refractivity contribution in [2.75, 3.05) is 26.9 Å². The van der Waals surface area contributed by atoms with Gasteiger partial charge in [0, 0.05) is 7.11 Å². The lowest BCUT2D eigenvalue weighted by atomic mass is 10.4. The fourth-order valence-corrected chi connectivity index (χ4v) is 2.02. The third-order valence-corrected chi connectivity index (χ3v) is 3.47. The van der Waals surface area contributed by atoms with Gasteiger partial charge < -0.3 is 14.9 Å². The molecular formula is C7H18O9P2. The minimum Gasteiger partial charge on any atom is -0.388 e. The molecule has 0 aromatic heterocycles. The van der Waals surface area contributed by atoms with Crippen LogP contribution >= 0.6 is 15.6 Å². The van der Waals surface area contributed by atoms with Crippen LogP contribution < -0.4 is 0 Å². The van der Waals surface area contributed by atoms with E-state index in [2.05, 4.69) is 18.1 Å². The molecule has 0 aliphatic rings. The van der Waals surface area contributed by atoms with Crippen LogP contribution in [0, 0.1) is 0 Å². The molecule has 0 heterocycles. The van der Waals surface area contributed by atoms with Crippen LogP contribution in [0.15, 0.2) is 0 Å². The van der Waals surface area contributed by atoms with Crippen LogP contribution in [0.1, 0.15) is 13.3 Å². The van der Waals surface area contributed by atoms with Crippen molar-refractivity contribution >= 4 is 15.6 Å². The Bertz CT molecular complexity index is 320. The van der Waals surface area contributed by atoms with Gasteiger partial charge in [0.1, 0.15) is 6.10 Å². The van der Waals surface area contributed by atoms with Gasteiger partial charge >= 0.3 is 15.6 Å². The molecule has 11 heteroatoms. The van der Waals surface area contributed by atoms with E-state index in [0.29, 0.717) is 6.42 Å². The molecule has 0 saturated carbocycles. The van der Waals surface area contributed by atoms with E-state index in [1.54, 1.807) is 6.92 Å². The Morgan fingerprint density at radius 2 is 1.56 bits per heavy atom. The summed E-state index contributed by atoms with van der Waals surface area (Å²) in [5.74, 6) is 0. The molecule has 9 nitrogen and oxygen atoms in total. The first-order chi connectivity index (χ1) is 8.22. The molecule has 3 unspecified atom stereocenters. The normalized spacial score (nSPS) is 20.1. The van der Waals surface area contributed by atoms with E-state index in [1.807, 2.05) is 0 Å². The molecule has 0 aliphatic carbocycles. The smallest absolute Gasteiger partial charge is 0.388 e. The second-order valence-corrected chi connectivity index (χ2v) is 6.21. The van der Waals surface area contributed by atoms with Crippen molar-refractivity contribution in [3.8, 4) is 0 Å². The van der Waals surface area contributed by atoms with E-state index in [4.69, 9.17) is 9.79 Å². The van der Waals surface area contributed by atoms with Crippen LogP contribution in [-0.4, -0.2) is 47.9 Å². The SMILES string of the molecule is CCCOP(=O)(O)OCC(O)COP(=O)(O)OC. The Morgan fingerprint density at radius 3 is 2.00 bits per heavy atom. The molecule has 0 fully saturated rings. The molecule has 3 N–H and O–H groups in total. The Kier molecular flexibility index (Phi) is 8.45. The number of phosphoric acid groups is 2. The Morgan fingerprint density at radius 1 is 1.06 bits per heavy atom. The highest BCUT2D eigenvalue weighted by Crippen LogP contribution is 2.44. The summed E-state index contributed by atoms with van der Waals surface area (Å²) >= 11 is 0. The van der Waals surface area contributed by atoms with Crippen LogP contribution in [-0.2, 0) is 27.2 Å². The molecule has 110 valence electrons. The van der Waals surface area contributed by atoms with E-state index >= 15 is 0 Å². The van der Waals surface area contributed by atoms with Gasteiger partial charge in [-0.15, -0.1) is 0 Å². The second-order valence-electron chi connectivity index (χ2n) is 3.20. The summed E-state index contributed by atoms with van der Waals surface area (Å²) in [4.78, 5) is 17.9. The molecule has 0 radical (unpaired) electrons. The van der Waals surface area contributed by atoms with E-state index in [9.17, 15) is 14.2 Å². The summed E-state index contributed by atoms with van der Waals surface area (Å²) in [6.45, 7) is 0.610. The summed E-state index contributed by atoms with van der Waals surface area (Å²) in [5, 5.41) is 9.27. The first-order valence-corrected chi connectivity index (χ1v) is 8.04. The number of phosphoric ester groups is 2. The average Bonchev–Trinajstić information content (AvgIpc) is 2.32. The third-order valence-electron chi connectivity index (χ3n) is 1.55. The van der Waals surface area contributed by atoms with E-state index in [-0.39, 0.29) is 6.61 Å². The molecule has 0 saturated heterocycles. The van der Waals surface area contributed by atoms with E-state index in [1.165, 1.54) is 0 Å². The number of hydrogen-bond donors (Lipinski definition) is 3. The second kappa shape index (κ2) is 8.37. The van der Waals surface area contributed by atoms with Crippen molar-refractivity contribution in [1.29, 1.82) is 0 Å². The summed E-state index contributed by atoms with van der Waals surface area (Å²) in [7, 11) is -7.44. The summed E-state index contributed by atoms with van der Waals surface area (Å²) in [5.41, 5.74) is 0. The van der Waals surface area contributed by atoms with Crippen LogP contribution in [0.2, 0.25) is 0 Å². The quantitative estimate of drug-likeness (QED) is 0.498. The van der Waals surface area contributed by atoms with Crippen LogP contribution in [0.4, 0.5) is 0 Å². The minimum absolute atomic E-state index is 0.0376. The molecule has 0 bridgehead atoms. The van der Waals surface area contributed by atoms with Crippen molar-refractivity contribution in [3.63, 3.8) is 0 Å². The maximum absolute atomic E-state index is 11.2. The summed E-state index contributed by atoms with van der Waals surface area (Å²) < 4.78 is 39.4. The van der Waals surface area contributed by atoms with E-state index < -0.39 is 35.0 Å². The minimum atomic E-state index is -4.21. The molecule has 0 aliphatic heterocycles. The van der Waals surface area contributed by atoms with Gasteiger partial charge in [-0.05, 0) is 6.42 Å². The molecule has 0 rings (SSSR count). The fourth-order valence-electron chi connectivity index (χ4n) is 0.705. The predicted octanol–water partition coefficient (Wildman–Crippen LogP) is 0.654.